The van der Waals surface area contributed by atoms with E-state index in [1.807, 2.05) is 0 Å². The Labute approximate surface area is 126 Å². The van der Waals surface area contributed by atoms with E-state index in [2.05, 4.69) is 62.9 Å². The molecule has 20 heavy (non-hydrogen) atoms. The zero-order chi connectivity index (χ0) is 14.8. The van der Waals surface area contributed by atoms with E-state index in [0.29, 0.717) is 5.41 Å². The smallest absolute Gasteiger partial charge is 0.0233 e. The van der Waals surface area contributed by atoms with Gasteiger partial charge < -0.3 is 0 Å². The fourth-order valence-corrected chi connectivity index (χ4v) is 2.37. The van der Waals surface area contributed by atoms with E-state index in [1.54, 1.807) is 0 Å². The predicted molar refractivity (Wildman–Crippen MR) is 89.9 cm³/mol. The maximum Gasteiger partial charge on any atom is 0.0233 e. The molecule has 1 nitrogen and oxygen atoms in total. The topological polar surface area (TPSA) is 3.24 Å². The second-order valence-electron chi connectivity index (χ2n) is 7.13. The Morgan fingerprint density at radius 3 is 2.20 bits per heavy atom. The van der Waals surface area contributed by atoms with E-state index >= 15 is 0 Å². The molecule has 0 saturated heterocycles. The average molecular weight is 275 g/mol. The summed E-state index contributed by atoms with van der Waals surface area (Å²) in [6.45, 7) is 12.8. The highest BCUT2D eigenvalue weighted by Crippen LogP contribution is 2.20. The Kier molecular flexibility index (Phi) is 7.91. The zero-order valence-corrected chi connectivity index (χ0v) is 14.0. The van der Waals surface area contributed by atoms with Crippen LogP contribution in [0, 0.1) is 5.41 Å². The maximum atomic E-state index is 2.64. The van der Waals surface area contributed by atoms with Gasteiger partial charge in [0.2, 0.25) is 0 Å². The van der Waals surface area contributed by atoms with E-state index in [-0.39, 0.29) is 0 Å². The van der Waals surface area contributed by atoms with Crippen molar-refractivity contribution in [2.24, 2.45) is 5.41 Å². The molecular weight excluding hydrogens is 242 g/mol. The van der Waals surface area contributed by atoms with Crippen LogP contribution in [0.4, 0.5) is 0 Å². The van der Waals surface area contributed by atoms with Gasteiger partial charge in [-0.2, -0.15) is 0 Å². The fourth-order valence-electron chi connectivity index (χ4n) is 2.37. The molecule has 0 aromatic heterocycles. The third-order valence-corrected chi connectivity index (χ3v) is 3.75. The maximum absolute atomic E-state index is 2.64. The average Bonchev–Trinajstić information content (AvgIpc) is 2.41. The van der Waals surface area contributed by atoms with Crippen molar-refractivity contribution in [1.29, 1.82) is 0 Å². The second-order valence-corrected chi connectivity index (χ2v) is 7.13. The van der Waals surface area contributed by atoms with E-state index < -0.39 is 0 Å². The van der Waals surface area contributed by atoms with Crippen molar-refractivity contribution >= 4 is 0 Å². The number of nitrogens with zero attached hydrogens (tertiary/aromatic N) is 1. The van der Waals surface area contributed by atoms with Crippen molar-refractivity contribution < 1.29 is 0 Å². The Bertz CT molecular complexity index is 337. The molecule has 114 valence electrons. The van der Waals surface area contributed by atoms with Gasteiger partial charge in [0.25, 0.3) is 0 Å². The minimum Gasteiger partial charge on any atom is -0.299 e. The number of unbranched alkanes of at least 4 members (excludes halogenated alkanes) is 3. The molecule has 1 aromatic rings. The van der Waals surface area contributed by atoms with Crippen LogP contribution >= 0.6 is 0 Å². The lowest BCUT2D eigenvalue weighted by Gasteiger charge is -2.27. The molecular formula is C19H33N. The summed E-state index contributed by atoms with van der Waals surface area (Å²) in [7, 11) is 0. The highest BCUT2D eigenvalue weighted by Gasteiger charge is 2.13. The van der Waals surface area contributed by atoms with Crippen LogP contribution in [0.2, 0.25) is 0 Å². The number of benzene rings is 1. The molecule has 0 bridgehead atoms. The van der Waals surface area contributed by atoms with Gasteiger partial charge in [-0.05, 0) is 36.9 Å². The van der Waals surface area contributed by atoms with E-state index in [1.165, 1.54) is 50.8 Å². The zero-order valence-electron chi connectivity index (χ0n) is 14.0. The molecule has 0 heterocycles. The molecule has 1 rings (SSSR count). The summed E-state index contributed by atoms with van der Waals surface area (Å²) < 4.78 is 0. The molecule has 0 atom stereocenters. The van der Waals surface area contributed by atoms with Crippen LogP contribution in [0.25, 0.3) is 0 Å². The van der Waals surface area contributed by atoms with Crippen LogP contribution < -0.4 is 0 Å². The van der Waals surface area contributed by atoms with Crippen molar-refractivity contribution in [1.82, 2.24) is 4.90 Å². The van der Waals surface area contributed by atoms with Crippen LogP contribution in [0.15, 0.2) is 30.3 Å². The van der Waals surface area contributed by atoms with Gasteiger partial charge in [-0.1, -0.05) is 77.3 Å². The lowest BCUT2D eigenvalue weighted by Crippen LogP contribution is -2.28. The van der Waals surface area contributed by atoms with Gasteiger partial charge in [-0.25, -0.2) is 0 Å². The van der Waals surface area contributed by atoms with Crippen LogP contribution in [-0.2, 0) is 6.54 Å². The predicted octanol–water partition coefficient (Wildman–Crippen LogP) is 5.51. The Morgan fingerprint density at radius 2 is 1.60 bits per heavy atom. The molecule has 0 aliphatic heterocycles. The molecule has 1 heteroatoms. The first kappa shape index (κ1) is 17.2. The summed E-state index contributed by atoms with van der Waals surface area (Å²) >= 11 is 0. The molecule has 0 amide bonds. The van der Waals surface area contributed by atoms with E-state index in [9.17, 15) is 0 Å². The van der Waals surface area contributed by atoms with Gasteiger partial charge in [0.15, 0.2) is 0 Å². The minimum absolute atomic E-state index is 0.429. The highest BCUT2D eigenvalue weighted by atomic mass is 15.1. The standard InChI is InChI=1S/C19H33N/c1-5-6-7-11-15-20(16-14-19(2,3)4)17-18-12-9-8-10-13-18/h8-10,12-13H,5-7,11,14-17H2,1-4H3. The Morgan fingerprint density at radius 1 is 0.900 bits per heavy atom. The quantitative estimate of drug-likeness (QED) is 0.537. The summed E-state index contributed by atoms with van der Waals surface area (Å²) in [6.07, 6.45) is 6.68. The molecule has 0 aliphatic rings. The van der Waals surface area contributed by atoms with Gasteiger partial charge in [-0.3, -0.25) is 4.90 Å². The summed E-state index contributed by atoms with van der Waals surface area (Å²) in [5.74, 6) is 0. The molecule has 0 saturated carbocycles. The monoisotopic (exact) mass is 275 g/mol. The van der Waals surface area contributed by atoms with Crippen molar-refractivity contribution in [3.8, 4) is 0 Å². The van der Waals surface area contributed by atoms with Gasteiger partial charge in [0, 0.05) is 6.54 Å². The fraction of sp³-hybridized carbons (Fsp3) is 0.684. The number of rotatable bonds is 9. The van der Waals surface area contributed by atoms with Crippen molar-refractivity contribution in [3.63, 3.8) is 0 Å². The van der Waals surface area contributed by atoms with E-state index in [4.69, 9.17) is 0 Å². The largest absolute Gasteiger partial charge is 0.299 e. The lowest BCUT2D eigenvalue weighted by atomic mass is 9.92. The van der Waals surface area contributed by atoms with Crippen LogP contribution in [-0.4, -0.2) is 18.0 Å². The van der Waals surface area contributed by atoms with Crippen LogP contribution in [0.1, 0.15) is 65.4 Å². The van der Waals surface area contributed by atoms with Gasteiger partial charge >= 0.3 is 0 Å². The van der Waals surface area contributed by atoms with E-state index in [0.717, 1.165) is 6.54 Å². The first-order valence-corrected chi connectivity index (χ1v) is 8.27. The van der Waals surface area contributed by atoms with Crippen LogP contribution in [0.3, 0.4) is 0 Å². The Balaban J connectivity index is 2.45. The third-order valence-electron chi connectivity index (χ3n) is 3.75. The summed E-state index contributed by atoms with van der Waals surface area (Å²) in [4.78, 5) is 2.64. The third kappa shape index (κ3) is 8.37. The molecule has 0 unspecified atom stereocenters. The van der Waals surface area contributed by atoms with Gasteiger partial charge in [0.05, 0.1) is 0 Å². The lowest BCUT2D eigenvalue weighted by molar-refractivity contribution is 0.216. The SMILES string of the molecule is CCCCCCN(CCC(C)(C)C)Cc1ccccc1. The first-order chi connectivity index (χ1) is 9.51. The second kappa shape index (κ2) is 9.18. The summed E-state index contributed by atoms with van der Waals surface area (Å²) in [6, 6.07) is 10.9. The van der Waals surface area contributed by atoms with Crippen molar-refractivity contribution in [2.45, 2.75) is 66.3 Å². The first-order valence-electron chi connectivity index (χ1n) is 8.27. The molecule has 1 aromatic carbocycles. The van der Waals surface area contributed by atoms with Gasteiger partial charge in [0.1, 0.15) is 0 Å². The highest BCUT2D eigenvalue weighted by molar-refractivity contribution is 5.14. The molecule has 0 radical (unpaired) electrons. The minimum atomic E-state index is 0.429. The normalized spacial score (nSPS) is 12.1. The molecule has 0 aliphatic carbocycles. The summed E-state index contributed by atoms with van der Waals surface area (Å²) in [5.41, 5.74) is 1.87. The molecule has 0 N–H and O–H groups in total. The molecule has 0 fully saturated rings. The van der Waals surface area contributed by atoms with Crippen LogP contribution in [0.5, 0.6) is 0 Å². The molecule has 0 spiro atoms. The summed E-state index contributed by atoms with van der Waals surface area (Å²) in [5, 5.41) is 0. The van der Waals surface area contributed by atoms with Crippen molar-refractivity contribution in [3.05, 3.63) is 35.9 Å². The Hall–Kier alpha value is -0.820. The van der Waals surface area contributed by atoms with Gasteiger partial charge in [-0.15, -0.1) is 0 Å². The number of hydrogen-bond acceptors (Lipinski definition) is 1. The van der Waals surface area contributed by atoms with Crippen molar-refractivity contribution in [2.75, 3.05) is 13.1 Å². The number of hydrogen-bond donors (Lipinski definition) is 0.